The molecule has 3 rings (SSSR count). The molecular formula is C16H11ClN2O4S. The number of benzene rings is 3. The van der Waals surface area contributed by atoms with Gasteiger partial charge in [0.05, 0.1) is 15.5 Å². The van der Waals surface area contributed by atoms with Crippen LogP contribution < -0.4 is 4.72 Å². The Balaban J connectivity index is 2.07. The van der Waals surface area contributed by atoms with E-state index in [0.29, 0.717) is 5.69 Å². The third-order valence-corrected chi connectivity index (χ3v) is 4.97. The highest BCUT2D eigenvalue weighted by atomic mass is 35.5. The third-order valence-electron chi connectivity index (χ3n) is 3.41. The Hall–Kier alpha value is -2.64. The third kappa shape index (κ3) is 3.17. The molecule has 3 aromatic rings. The van der Waals surface area contributed by atoms with Crippen LogP contribution >= 0.6 is 11.6 Å². The van der Waals surface area contributed by atoms with E-state index in [9.17, 15) is 18.5 Å². The number of rotatable bonds is 4. The van der Waals surface area contributed by atoms with Crippen molar-refractivity contribution in [1.82, 2.24) is 0 Å². The smallest absolute Gasteiger partial charge is 0.272 e. The van der Waals surface area contributed by atoms with Crippen molar-refractivity contribution >= 4 is 43.8 Å². The predicted molar refractivity (Wildman–Crippen MR) is 92.9 cm³/mol. The zero-order valence-corrected chi connectivity index (χ0v) is 13.7. The molecule has 6 nitrogen and oxygen atoms in total. The zero-order chi connectivity index (χ0) is 17.3. The Labute approximate surface area is 142 Å². The first-order chi connectivity index (χ1) is 11.4. The average molecular weight is 363 g/mol. The topological polar surface area (TPSA) is 89.3 Å². The van der Waals surface area contributed by atoms with E-state index in [0.717, 1.165) is 22.9 Å². The van der Waals surface area contributed by atoms with E-state index in [1.54, 1.807) is 24.3 Å². The first kappa shape index (κ1) is 16.2. The second-order valence-corrected chi connectivity index (χ2v) is 7.15. The minimum absolute atomic E-state index is 0.0255. The summed E-state index contributed by atoms with van der Waals surface area (Å²) in [5.41, 5.74) is -0.00322. The van der Waals surface area contributed by atoms with Gasteiger partial charge in [0.15, 0.2) is 0 Å². The first-order valence-corrected chi connectivity index (χ1v) is 8.68. The van der Waals surface area contributed by atoms with E-state index < -0.39 is 14.9 Å². The number of anilines is 1. The molecule has 0 heterocycles. The highest BCUT2D eigenvalue weighted by Crippen LogP contribution is 2.28. The number of nitrogens with one attached hydrogen (secondary N) is 1. The van der Waals surface area contributed by atoms with Crippen molar-refractivity contribution in [2.75, 3.05) is 4.72 Å². The van der Waals surface area contributed by atoms with Crippen molar-refractivity contribution in [1.29, 1.82) is 0 Å². The highest BCUT2D eigenvalue weighted by Gasteiger charge is 2.20. The quantitative estimate of drug-likeness (QED) is 0.556. The summed E-state index contributed by atoms with van der Waals surface area (Å²) in [7, 11) is -4.02. The van der Waals surface area contributed by atoms with Crippen LogP contribution in [0.5, 0.6) is 0 Å². The summed E-state index contributed by atoms with van der Waals surface area (Å²) in [6, 6.07) is 15.7. The molecule has 0 amide bonds. The molecule has 8 heteroatoms. The number of halogens is 1. The zero-order valence-electron chi connectivity index (χ0n) is 12.1. The standard InChI is InChI=1S/C16H11ClN2O4S/c17-12-8-13(19(20)21)10-14(9-12)24(22,23)18-16-7-3-5-11-4-1-2-6-15(11)16/h1-10,18H. The molecule has 24 heavy (non-hydrogen) atoms. The van der Waals surface area contributed by atoms with Crippen LogP contribution in [0.3, 0.4) is 0 Å². The lowest BCUT2D eigenvalue weighted by atomic mass is 10.1. The number of nitro benzene ring substituents is 1. The minimum atomic E-state index is -4.02. The molecule has 3 aromatic carbocycles. The molecule has 0 saturated heterocycles. The van der Waals surface area contributed by atoms with E-state index in [4.69, 9.17) is 11.6 Å². The van der Waals surface area contributed by atoms with Crippen LogP contribution in [-0.4, -0.2) is 13.3 Å². The molecule has 0 spiro atoms. The summed E-state index contributed by atoms with van der Waals surface area (Å²) in [6.45, 7) is 0. The normalized spacial score (nSPS) is 11.4. The largest absolute Gasteiger partial charge is 0.279 e. The number of hydrogen-bond donors (Lipinski definition) is 1. The molecular weight excluding hydrogens is 352 g/mol. The van der Waals surface area contributed by atoms with Crippen LogP contribution in [-0.2, 0) is 10.0 Å². The Kier molecular flexibility index (Phi) is 4.13. The predicted octanol–water partition coefficient (Wildman–Crippen LogP) is 4.20. The molecule has 1 N–H and O–H groups in total. The van der Waals surface area contributed by atoms with Crippen molar-refractivity contribution in [2.45, 2.75) is 4.90 Å². The van der Waals surface area contributed by atoms with Gasteiger partial charge in [0.2, 0.25) is 0 Å². The van der Waals surface area contributed by atoms with Crippen molar-refractivity contribution < 1.29 is 13.3 Å². The van der Waals surface area contributed by atoms with Crippen LogP contribution in [0.4, 0.5) is 11.4 Å². The molecule has 0 bridgehead atoms. The molecule has 0 aromatic heterocycles. The summed E-state index contributed by atoms with van der Waals surface area (Å²) < 4.78 is 27.6. The summed E-state index contributed by atoms with van der Waals surface area (Å²) in [6.07, 6.45) is 0. The maximum Gasteiger partial charge on any atom is 0.272 e. The van der Waals surface area contributed by atoms with Gasteiger partial charge in [-0.15, -0.1) is 0 Å². The van der Waals surface area contributed by atoms with Crippen molar-refractivity contribution in [3.63, 3.8) is 0 Å². The van der Waals surface area contributed by atoms with Gasteiger partial charge in [0.1, 0.15) is 0 Å². The van der Waals surface area contributed by atoms with Crippen molar-refractivity contribution in [3.8, 4) is 0 Å². The highest BCUT2D eigenvalue weighted by molar-refractivity contribution is 7.92. The summed E-state index contributed by atoms with van der Waals surface area (Å²) >= 11 is 5.80. The SMILES string of the molecule is O=[N+]([O-])c1cc(Cl)cc(S(=O)(=O)Nc2cccc3ccccc23)c1. The maximum atomic E-state index is 12.6. The Morgan fingerprint density at radius 1 is 1.00 bits per heavy atom. The number of fused-ring (bicyclic) bond motifs is 1. The molecule has 0 aliphatic carbocycles. The van der Waals surface area contributed by atoms with Gasteiger partial charge in [-0.2, -0.15) is 0 Å². The van der Waals surface area contributed by atoms with Gasteiger partial charge >= 0.3 is 0 Å². The average Bonchev–Trinajstić information content (AvgIpc) is 2.54. The first-order valence-electron chi connectivity index (χ1n) is 6.82. The van der Waals surface area contributed by atoms with E-state index in [1.165, 1.54) is 6.07 Å². The second-order valence-electron chi connectivity index (χ2n) is 5.03. The summed E-state index contributed by atoms with van der Waals surface area (Å²) in [5.74, 6) is 0. The number of nitrogens with zero attached hydrogens (tertiary/aromatic N) is 1. The fourth-order valence-corrected chi connectivity index (χ4v) is 3.76. The van der Waals surface area contributed by atoms with Gasteiger partial charge in [-0.25, -0.2) is 8.42 Å². The Bertz CT molecular complexity index is 1050. The lowest BCUT2D eigenvalue weighted by molar-refractivity contribution is -0.385. The summed E-state index contributed by atoms with van der Waals surface area (Å²) in [4.78, 5) is 9.94. The van der Waals surface area contributed by atoms with Crippen LogP contribution in [0.1, 0.15) is 0 Å². The van der Waals surface area contributed by atoms with Gasteiger partial charge in [0, 0.05) is 22.5 Å². The molecule has 0 atom stereocenters. The number of nitro groups is 1. The van der Waals surface area contributed by atoms with Gasteiger partial charge in [0.25, 0.3) is 15.7 Å². The van der Waals surface area contributed by atoms with Crippen LogP contribution in [0.15, 0.2) is 65.6 Å². The van der Waals surface area contributed by atoms with Gasteiger partial charge in [-0.3, -0.25) is 14.8 Å². The van der Waals surface area contributed by atoms with Crippen LogP contribution in [0, 0.1) is 10.1 Å². The fourth-order valence-electron chi connectivity index (χ4n) is 2.33. The monoisotopic (exact) mass is 362 g/mol. The Morgan fingerprint density at radius 3 is 2.46 bits per heavy atom. The lowest BCUT2D eigenvalue weighted by Crippen LogP contribution is -2.13. The summed E-state index contributed by atoms with van der Waals surface area (Å²) in [5, 5.41) is 12.5. The number of non-ortho nitro benzene ring substituents is 1. The maximum absolute atomic E-state index is 12.6. The Morgan fingerprint density at radius 2 is 1.71 bits per heavy atom. The molecule has 0 unspecified atom stereocenters. The van der Waals surface area contributed by atoms with E-state index in [2.05, 4.69) is 4.72 Å². The fraction of sp³-hybridized carbons (Fsp3) is 0. The second kappa shape index (κ2) is 6.10. The van der Waals surface area contributed by atoms with Crippen LogP contribution in [0.25, 0.3) is 10.8 Å². The molecule has 0 fully saturated rings. The molecule has 0 radical (unpaired) electrons. The van der Waals surface area contributed by atoms with Crippen molar-refractivity contribution in [3.05, 3.63) is 75.8 Å². The molecule has 122 valence electrons. The minimum Gasteiger partial charge on any atom is -0.279 e. The van der Waals surface area contributed by atoms with Crippen molar-refractivity contribution in [2.24, 2.45) is 0 Å². The number of sulfonamides is 1. The molecule has 0 aliphatic heterocycles. The lowest BCUT2D eigenvalue weighted by Gasteiger charge is -2.11. The van der Waals surface area contributed by atoms with Gasteiger partial charge in [-0.05, 0) is 17.5 Å². The van der Waals surface area contributed by atoms with E-state index in [-0.39, 0.29) is 15.6 Å². The number of hydrogen-bond acceptors (Lipinski definition) is 4. The van der Waals surface area contributed by atoms with Gasteiger partial charge < -0.3 is 0 Å². The van der Waals surface area contributed by atoms with Gasteiger partial charge in [-0.1, -0.05) is 48.0 Å². The van der Waals surface area contributed by atoms with E-state index >= 15 is 0 Å². The van der Waals surface area contributed by atoms with Crippen LogP contribution in [0.2, 0.25) is 5.02 Å². The molecule has 0 saturated carbocycles. The molecule has 0 aliphatic rings. The van der Waals surface area contributed by atoms with E-state index in [1.807, 2.05) is 18.2 Å².